The maximum Gasteiger partial charge on any atom is 0.200 e. The predicted octanol–water partition coefficient (Wildman–Crippen LogP) is 2.74. The van der Waals surface area contributed by atoms with Crippen molar-refractivity contribution in [1.82, 2.24) is 0 Å². The van der Waals surface area contributed by atoms with E-state index in [-0.39, 0.29) is 0 Å². The van der Waals surface area contributed by atoms with Gasteiger partial charge in [-0.3, -0.25) is 4.39 Å². The van der Waals surface area contributed by atoms with Gasteiger partial charge in [-0.1, -0.05) is 0 Å². The molecule has 0 amide bonds. The topological polar surface area (TPSA) is 26.0 Å². The molecule has 0 spiro atoms. The van der Waals surface area contributed by atoms with Crippen LogP contribution in [0.3, 0.4) is 0 Å². The Kier molecular flexibility index (Phi) is 3.79. The number of halogens is 6. The molecule has 7 heteroatoms. The minimum atomic E-state index is -2.26. The van der Waals surface area contributed by atoms with Gasteiger partial charge in [0.25, 0.3) is 0 Å². The third-order valence-electron chi connectivity index (χ3n) is 2.03. The summed E-state index contributed by atoms with van der Waals surface area (Å²) in [7, 11) is 0. The van der Waals surface area contributed by atoms with Crippen LogP contribution in [0.1, 0.15) is 18.0 Å². The van der Waals surface area contributed by atoms with E-state index in [1.165, 1.54) is 0 Å². The summed E-state index contributed by atoms with van der Waals surface area (Å²) in [4.78, 5) is 0. The van der Waals surface area contributed by atoms with Crippen LogP contribution in [-0.2, 0) is 0 Å². The average molecular weight is 243 g/mol. The lowest BCUT2D eigenvalue weighted by Gasteiger charge is -2.13. The second-order valence-corrected chi connectivity index (χ2v) is 3.07. The van der Waals surface area contributed by atoms with Crippen LogP contribution in [0.25, 0.3) is 0 Å². The van der Waals surface area contributed by atoms with Gasteiger partial charge in [0, 0.05) is 11.6 Å². The van der Waals surface area contributed by atoms with E-state index in [2.05, 4.69) is 0 Å². The van der Waals surface area contributed by atoms with Crippen LogP contribution in [0.4, 0.5) is 26.3 Å². The van der Waals surface area contributed by atoms with Crippen molar-refractivity contribution in [1.29, 1.82) is 0 Å². The highest BCUT2D eigenvalue weighted by Crippen LogP contribution is 2.27. The first-order chi connectivity index (χ1) is 7.41. The highest BCUT2D eigenvalue weighted by atomic mass is 19.2. The highest BCUT2D eigenvalue weighted by Gasteiger charge is 2.28. The molecule has 0 saturated carbocycles. The van der Waals surface area contributed by atoms with Crippen molar-refractivity contribution in [2.24, 2.45) is 5.73 Å². The molecule has 1 aromatic carbocycles. The summed E-state index contributed by atoms with van der Waals surface area (Å²) in [5.74, 6) is -10.5. The molecule has 2 N–H and O–H groups in total. The molecule has 0 fully saturated rings. The molecule has 0 unspecified atom stereocenters. The standard InChI is InChI=1S/C9H7F6N/c10-2-1-3(16)4-5(11)7(13)9(15)8(14)6(4)12/h3H,1-2,16H2/t3-/m1/s1. The lowest BCUT2D eigenvalue weighted by Crippen LogP contribution is -2.18. The SMILES string of the molecule is N[C@H](CCF)c1c(F)c(F)c(F)c(F)c1F. The van der Waals surface area contributed by atoms with Crippen LogP contribution >= 0.6 is 0 Å². The van der Waals surface area contributed by atoms with Crippen molar-refractivity contribution in [3.63, 3.8) is 0 Å². The summed E-state index contributed by atoms with van der Waals surface area (Å²) in [6, 6.07) is -1.57. The average Bonchev–Trinajstić information content (AvgIpc) is 2.24. The minimum absolute atomic E-state index is 0.529. The second kappa shape index (κ2) is 4.73. The molecule has 1 aromatic rings. The lowest BCUT2D eigenvalue weighted by molar-refractivity contribution is 0.355. The molecule has 0 saturated heterocycles. The first-order valence-electron chi connectivity index (χ1n) is 4.24. The number of hydrogen-bond donors (Lipinski definition) is 1. The predicted molar refractivity (Wildman–Crippen MR) is 43.8 cm³/mol. The lowest BCUT2D eigenvalue weighted by atomic mass is 10.0. The monoisotopic (exact) mass is 243 g/mol. The van der Waals surface area contributed by atoms with Crippen molar-refractivity contribution in [3.8, 4) is 0 Å². The fourth-order valence-corrected chi connectivity index (χ4v) is 1.21. The number of benzene rings is 1. The molecule has 0 aliphatic rings. The fourth-order valence-electron chi connectivity index (χ4n) is 1.21. The molecular weight excluding hydrogens is 236 g/mol. The summed E-state index contributed by atoms with van der Waals surface area (Å²) >= 11 is 0. The normalized spacial score (nSPS) is 12.9. The molecule has 16 heavy (non-hydrogen) atoms. The largest absolute Gasteiger partial charge is 0.324 e. The van der Waals surface area contributed by atoms with E-state index >= 15 is 0 Å². The Labute approximate surface area is 86.9 Å². The Morgan fingerprint density at radius 2 is 1.19 bits per heavy atom. The van der Waals surface area contributed by atoms with Gasteiger partial charge in [-0.05, 0) is 6.42 Å². The summed E-state index contributed by atoms with van der Waals surface area (Å²) in [5.41, 5.74) is 3.93. The third kappa shape index (κ3) is 1.99. The van der Waals surface area contributed by atoms with Crippen molar-refractivity contribution < 1.29 is 26.3 Å². The number of hydrogen-bond acceptors (Lipinski definition) is 1. The van der Waals surface area contributed by atoms with Crippen molar-refractivity contribution in [3.05, 3.63) is 34.6 Å². The van der Waals surface area contributed by atoms with Crippen molar-refractivity contribution >= 4 is 0 Å². The summed E-state index contributed by atoms with van der Waals surface area (Å²) in [6.45, 7) is -1.03. The van der Waals surface area contributed by atoms with Crippen LogP contribution in [0.5, 0.6) is 0 Å². The van der Waals surface area contributed by atoms with Crippen LogP contribution in [-0.4, -0.2) is 6.67 Å². The van der Waals surface area contributed by atoms with Crippen LogP contribution < -0.4 is 5.73 Å². The first-order valence-corrected chi connectivity index (χ1v) is 4.24. The van der Waals surface area contributed by atoms with E-state index in [0.717, 1.165) is 0 Å². The van der Waals surface area contributed by atoms with Crippen LogP contribution in [0.15, 0.2) is 0 Å². The molecule has 1 atom stereocenters. The van der Waals surface area contributed by atoms with E-state index in [4.69, 9.17) is 5.73 Å². The fraction of sp³-hybridized carbons (Fsp3) is 0.333. The van der Waals surface area contributed by atoms with E-state index in [1.54, 1.807) is 0 Å². The highest BCUT2D eigenvalue weighted by molar-refractivity contribution is 5.26. The maximum absolute atomic E-state index is 13.1. The zero-order valence-electron chi connectivity index (χ0n) is 7.84. The van der Waals surface area contributed by atoms with Gasteiger partial charge < -0.3 is 5.73 Å². The number of alkyl halides is 1. The van der Waals surface area contributed by atoms with Gasteiger partial charge in [0.2, 0.25) is 5.82 Å². The molecule has 0 radical (unpaired) electrons. The minimum Gasteiger partial charge on any atom is -0.324 e. The van der Waals surface area contributed by atoms with Crippen molar-refractivity contribution in [2.75, 3.05) is 6.67 Å². The molecule has 0 heterocycles. The molecule has 0 aromatic heterocycles. The maximum atomic E-state index is 13.1. The number of rotatable bonds is 3. The molecule has 1 nitrogen and oxygen atoms in total. The van der Waals surface area contributed by atoms with Gasteiger partial charge in [-0.15, -0.1) is 0 Å². The Bertz CT molecular complexity index is 376. The zero-order valence-corrected chi connectivity index (χ0v) is 7.84. The molecule has 1 rings (SSSR count). The molecule has 0 bridgehead atoms. The van der Waals surface area contributed by atoms with Crippen molar-refractivity contribution in [2.45, 2.75) is 12.5 Å². The quantitative estimate of drug-likeness (QED) is 0.493. The van der Waals surface area contributed by atoms with Gasteiger partial charge in [-0.2, -0.15) is 0 Å². The van der Waals surface area contributed by atoms with Gasteiger partial charge in [-0.25, -0.2) is 22.0 Å². The third-order valence-corrected chi connectivity index (χ3v) is 2.03. The Morgan fingerprint density at radius 3 is 1.56 bits per heavy atom. The Balaban J connectivity index is 3.39. The summed E-state index contributed by atoms with van der Waals surface area (Å²) in [5, 5.41) is 0. The van der Waals surface area contributed by atoms with Gasteiger partial charge >= 0.3 is 0 Å². The van der Waals surface area contributed by atoms with E-state index < -0.39 is 53.8 Å². The Hall–Kier alpha value is -1.24. The molecular formula is C9H7F6N. The van der Waals surface area contributed by atoms with Crippen LogP contribution in [0, 0.1) is 29.1 Å². The van der Waals surface area contributed by atoms with Gasteiger partial charge in [0.15, 0.2) is 23.3 Å². The van der Waals surface area contributed by atoms with Gasteiger partial charge in [0.1, 0.15) is 0 Å². The van der Waals surface area contributed by atoms with Crippen LogP contribution in [0.2, 0.25) is 0 Å². The smallest absolute Gasteiger partial charge is 0.200 e. The Morgan fingerprint density at radius 1 is 0.812 bits per heavy atom. The molecule has 90 valence electrons. The van der Waals surface area contributed by atoms with E-state index in [0.29, 0.717) is 0 Å². The summed E-state index contributed by atoms with van der Waals surface area (Å²) in [6.07, 6.45) is -0.529. The van der Waals surface area contributed by atoms with E-state index in [1.807, 2.05) is 0 Å². The van der Waals surface area contributed by atoms with E-state index in [9.17, 15) is 26.3 Å². The number of nitrogens with two attached hydrogens (primary N) is 1. The molecule has 0 aliphatic heterocycles. The summed E-state index contributed by atoms with van der Waals surface area (Å²) < 4.78 is 76.0. The second-order valence-electron chi connectivity index (χ2n) is 3.07. The zero-order chi connectivity index (χ0) is 12.5. The first kappa shape index (κ1) is 12.8. The van der Waals surface area contributed by atoms with Gasteiger partial charge in [0.05, 0.1) is 6.67 Å². The molecule has 0 aliphatic carbocycles.